The van der Waals surface area contributed by atoms with Crippen LogP contribution >= 0.6 is 11.6 Å². The minimum absolute atomic E-state index is 0.250. The minimum atomic E-state index is -3.26. The van der Waals surface area contributed by atoms with Gasteiger partial charge in [0.05, 0.1) is 17.0 Å². The van der Waals surface area contributed by atoms with Crippen LogP contribution in [0.1, 0.15) is 12.8 Å². The SMILES string of the molecule is CS(=O)(=O)N1CCCC(NC(=O)Nc2cc3c(cc2Cl)OCCO3)C1. The number of sulfonamides is 1. The summed E-state index contributed by atoms with van der Waals surface area (Å²) in [5.41, 5.74) is 0.402. The van der Waals surface area contributed by atoms with E-state index in [0.717, 1.165) is 0 Å². The number of nitrogens with zero attached hydrogens (tertiary/aromatic N) is 1. The fourth-order valence-corrected chi connectivity index (χ4v) is 3.98. The molecule has 0 aromatic heterocycles. The molecule has 0 radical (unpaired) electrons. The molecule has 0 bridgehead atoms. The summed E-state index contributed by atoms with van der Waals surface area (Å²) in [6.45, 7) is 1.63. The second-order valence-electron chi connectivity index (χ2n) is 6.03. The van der Waals surface area contributed by atoms with Crippen LogP contribution < -0.4 is 20.1 Å². The first-order valence-electron chi connectivity index (χ1n) is 7.95. The van der Waals surface area contributed by atoms with E-state index in [1.54, 1.807) is 12.1 Å². The van der Waals surface area contributed by atoms with E-state index in [1.807, 2.05) is 0 Å². The average molecular weight is 390 g/mol. The van der Waals surface area contributed by atoms with Gasteiger partial charge < -0.3 is 20.1 Å². The van der Waals surface area contributed by atoms with Crippen LogP contribution in [-0.2, 0) is 10.0 Å². The van der Waals surface area contributed by atoms with Crippen molar-refractivity contribution in [3.8, 4) is 11.5 Å². The molecule has 1 saturated heterocycles. The lowest BCUT2D eigenvalue weighted by atomic mass is 10.1. The Labute approximate surface area is 151 Å². The molecule has 0 saturated carbocycles. The predicted octanol–water partition coefficient (Wildman–Crippen LogP) is 1.66. The molecule has 25 heavy (non-hydrogen) atoms. The van der Waals surface area contributed by atoms with E-state index in [2.05, 4.69) is 10.6 Å². The highest BCUT2D eigenvalue weighted by Crippen LogP contribution is 2.37. The van der Waals surface area contributed by atoms with Crippen molar-refractivity contribution in [2.45, 2.75) is 18.9 Å². The van der Waals surface area contributed by atoms with Gasteiger partial charge in [-0.1, -0.05) is 11.6 Å². The Morgan fingerprint density at radius 2 is 1.96 bits per heavy atom. The zero-order valence-corrected chi connectivity index (χ0v) is 15.3. The van der Waals surface area contributed by atoms with E-state index < -0.39 is 16.1 Å². The quantitative estimate of drug-likeness (QED) is 0.819. The van der Waals surface area contributed by atoms with Crippen molar-refractivity contribution in [3.05, 3.63) is 17.2 Å². The Bertz CT molecular complexity index is 771. The van der Waals surface area contributed by atoms with E-state index in [9.17, 15) is 13.2 Å². The molecule has 1 aromatic rings. The predicted molar refractivity (Wildman–Crippen MR) is 94.0 cm³/mol. The molecule has 8 nitrogen and oxygen atoms in total. The van der Waals surface area contributed by atoms with Crippen LogP contribution in [0, 0.1) is 0 Å². The number of hydrogen-bond acceptors (Lipinski definition) is 5. The van der Waals surface area contributed by atoms with Gasteiger partial charge in [-0.25, -0.2) is 17.5 Å². The van der Waals surface area contributed by atoms with Crippen LogP contribution in [0.25, 0.3) is 0 Å². The summed E-state index contributed by atoms with van der Waals surface area (Å²) in [6.07, 6.45) is 2.58. The van der Waals surface area contributed by atoms with Gasteiger partial charge in [-0.3, -0.25) is 0 Å². The fourth-order valence-electron chi connectivity index (χ4n) is 2.87. The van der Waals surface area contributed by atoms with Gasteiger partial charge in [0.25, 0.3) is 0 Å². The number of halogens is 1. The summed E-state index contributed by atoms with van der Waals surface area (Å²) in [5.74, 6) is 1.06. The van der Waals surface area contributed by atoms with Gasteiger partial charge >= 0.3 is 6.03 Å². The first-order chi connectivity index (χ1) is 11.8. The number of anilines is 1. The molecule has 2 aliphatic heterocycles. The van der Waals surface area contributed by atoms with Crippen molar-refractivity contribution < 1.29 is 22.7 Å². The molecule has 0 spiro atoms. The largest absolute Gasteiger partial charge is 0.486 e. The van der Waals surface area contributed by atoms with Crippen molar-refractivity contribution in [3.63, 3.8) is 0 Å². The molecule has 2 N–H and O–H groups in total. The van der Waals surface area contributed by atoms with Gasteiger partial charge in [0.1, 0.15) is 13.2 Å². The van der Waals surface area contributed by atoms with E-state index in [-0.39, 0.29) is 12.6 Å². The summed E-state index contributed by atoms with van der Waals surface area (Å²) in [6, 6.07) is 2.51. The van der Waals surface area contributed by atoms with Gasteiger partial charge in [0.2, 0.25) is 10.0 Å². The van der Waals surface area contributed by atoms with Crippen molar-refractivity contribution in [2.75, 3.05) is 37.9 Å². The maximum Gasteiger partial charge on any atom is 0.319 e. The van der Waals surface area contributed by atoms with Crippen LogP contribution in [0.2, 0.25) is 5.02 Å². The summed E-state index contributed by atoms with van der Waals surface area (Å²) in [7, 11) is -3.26. The fraction of sp³-hybridized carbons (Fsp3) is 0.533. The highest BCUT2D eigenvalue weighted by Gasteiger charge is 2.27. The summed E-state index contributed by atoms with van der Waals surface area (Å²) < 4.78 is 35.6. The number of hydrogen-bond donors (Lipinski definition) is 2. The number of amides is 2. The van der Waals surface area contributed by atoms with Crippen molar-refractivity contribution in [1.82, 2.24) is 9.62 Å². The number of piperidine rings is 1. The molecule has 1 unspecified atom stereocenters. The normalized spacial score (nSPS) is 20.8. The molecule has 2 heterocycles. The zero-order chi connectivity index (χ0) is 18.0. The summed E-state index contributed by atoms with van der Waals surface area (Å²) >= 11 is 6.17. The highest BCUT2D eigenvalue weighted by molar-refractivity contribution is 7.88. The van der Waals surface area contributed by atoms with Crippen molar-refractivity contribution in [2.24, 2.45) is 0 Å². The molecule has 0 aliphatic carbocycles. The number of benzene rings is 1. The molecule has 138 valence electrons. The van der Waals surface area contributed by atoms with E-state index in [0.29, 0.717) is 54.8 Å². The lowest BCUT2D eigenvalue weighted by Gasteiger charge is -2.31. The number of urea groups is 1. The van der Waals surface area contributed by atoms with Crippen LogP contribution in [0.4, 0.5) is 10.5 Å². The number of fused-ring (bicyclic) bond motifs is 1. The molecular formula is C15H20ClN3O5S. The molecule has 2 aliphatic rings. The second kappa shape index (κ2) is 7.27. The van der Waals surface area contributed by atoms with Gasteiger partial charge in [-0.15, -0.1) is 0 Å². The first-order valence-corrected chi connectivity index (χ1v) is 10.2. The minimum Gasteiger partial charge on any atom is -0.486 e. The lowest BCUT2D eigenvalue weighted by molar-refractivity contribution is 0.171. The van der Waals surface area contributed by atoms with Gasteiger partial charge in [-0.2, -0.15) is 0 Å². The number of rotatable bonds is 3. The van der Waals surface area contributed by atoms with Crippen molar-refractivity contribution in [1.29, 1.82) is 0 Å². The van der Waals surface area contributed by atoms with Crippen molar-refractivity contribution >= 4 is 33.3 Å². The Morgan fingerprint density at radius 3 is 2.64 bits per heavy atom. The molecular weight excluding hydrogens is 370 g/mol. The Balaban J connectivity index is 1.63. The zero-order valence-electron chi connectivity index (χ0n) is 13.7. The smallest absolute Gasteiger partial charge is 0.319 e. The number of ether oxygens (including phenoxy) is 2. The monoisotopic (exact) mass is 389 g/mol. The Morgan fingerprint density at radius 1 is 1.28 bits per heavy atom. The third-order valence-electron chi connectivity index (χ3n) is 4.07. The number of carbonyl (C=O) groups is 1. The summed E-state index contributed by atoms with van der Waals surface area (Å²) in [4.78, 5) is 12.2. The average Bonchev–Trinajstić information content (AvgIpc) is 2.55. The number of nitrogens with one attached hydrogen (secondary N) is 2. The van der Waals surface area contributed by atoms with Gasteiger partial charge in [-0.05, 0) is 12.8 Å². The standard InChI is InChI=1S/C15H20ClN3O5S/c1-25(21,22)19-4-2-3-10(9-19)17-15(20)18-12-8-14-13(7-11(12)16)23-5-6-24-14/h7-8,10H,2-6,9H2,1H3,(H2,17,18,20). The van der Waals surface area contributed by atoms with Crippen LogP contribution in [0.3, 0.4) is 0 Å². The van der Waals surface area contributed by atoms with Crippen LogP contribution in [-0.4, -0.2) is 57.4 Å². The summed E-state index contributed by atoms with van der Waals surface area (Å²) in [5, 5.41) is 5.80. The molecule has 10 heteroatoms. The third kappa shape index (κ3) is 4.47. The van der Waals surface area contributed by atoms with Crippen LogP contribution in [0.15, 0.2) is 12.1 Å². The van der Waals surface area contributed by atoms with Gasteiger partial charge in [0, 0.05) is 31.3 Å². The maximum absolute atomic E-state index is 12.2. The van der Waals surface area contributed by atoms with E-state index >= 15 is 0 Å². The second-order valence-corrected chi connectivity index (χ2v) is 8.42. The molecule has 3 rings (SSSR count). The first kappa shape index (κ1) is 18.1. The molecule has 2 amide bonds. The maximum atomic E-state index is 12.2. The third-order valence-corrected chi connectivity index (χ3v) is 5.65. The molecule has 1 aromatic carbocycles. The van der Waals surface area contributed by atoms with E-state index in [1.165, 1.54) is 10.6 Å². The van der Waals surface area contributed by atoms with Crippen LogP contribution in [0.5, 0.6) is 11.5 Å². The Hall–Kier alpha value is -1.71. The number of carbonyl (C=O) groups excluding carboxylic acids is 1. The lowest BCUT2D eigenvalue weighted by Crippen LogP contribution is -2.50. The van der Waals surface area contributed by atoms with E-state index in [4.69, 9.17) is 21.1 Å². The molecule has 1 fully saturated rings. The topological polar surface area (TPSA) is 97.0 Å². The Kier molecular flexibility index (Phi) is 5.26. The molecule has 1 atom stereocenters. The highest BCUT2D eigenvalue weighted by atomic mass is 35.5. The van der Waals surface area contributed by atoms with Gasteiger partial charge in [0.15, 0.2) is 11.5 Å².